The van der Waals surface area contributed by atoms with E-state index in [2.05, 4.69) is 52.1 Å². The van der Waals surface area contributed by atoms with Gasteiger partial charge in [0.1, 0.15) is 11.5 Å². The number of amides is 1. The summed E-state index contributed by atoms with van der Waals surface area (Å²) in [7, 11) is 0. The van der Waals surface area contributed by atoms with Gasteiger partial charge >= 0.3 is 0 Å². The van der Waals surface area contributed by atoms with Crippen molar-refractivity contribution in [3.8, 4) is 5.69 Å². The van der Waals surface area contributed by atoms with E-state index >= 15 is 0 Å². The van der Waals surface area contributed by atoms with Crippen molar-refractivity contribution in [1.82, 2.24) is 19.8 Å². The molecule has 0 saturated carbocycles. The van der Waals surface area contributed by atoms with Crippen LogP contribution in [0.4, 0.5) is 5.69 Å². The standard InChI is InChI=1S/C27H34ClN5O/c1-19-7-5-8-25(20(19)2)32-17-15-31(16-18-32)14-6-13-29-27(34)26-21(3)33(22(4)30-26)24-11-9-23(28)10-12-24/h5,7-12H,6,13-18H2,1-4H3,(H,29,34). The van der Waals surface area contributed by atoms with Crippen molar-refractivity contribution in [3.05, 3.63) is 75.8 Å². The summed E-state index contributed by atoms with van der Waals surface area (Å²) in [5.41, 5.74) is 6.35. The highest BCUT2D eigenvalue weighted by atomic mass is 35.5. The minimum absolute atomic E-state index is 0.118. The Labute approximate surface area is 207 Å². The lowest BCUT2D eigenvalue weighted by molar-refractivity contribution is 0.0946. The molecule has 1 amide bonds. The van der Waals surface area contributed by atoms with E-state index in [-0.39, 0.29) is 5.91 Å². The molecule has 1 N–H and O–H groups in total. The molecule has 2 heterocycles. The first-order chi connectivity index (χ1) is 16.3. The number of benzene rings is 2. The summed E-state index contributed by atoms with van der Waals surface area (Å²) < 4.78 is 1.99. The van der Waals surface area contributed by atoms with Crippen LogP contribution in [-0.2, 0) is 0 Å². The third kappa shape index (κ3) is 5.29. The molecule has 1 aliphatic heterocycles. The van der Waals surface area contributed by atoms with Gasteiger partial charge in [-0.15, -0.1) is 0 Å². The number of hydrogen-bond donors (Lipinski definition) is 1. The molecular weight excluding hydrogens is 446 g/mol. The zero-order valence-corrected chi connectivity index (χ0v) is 21.3. The van der Waals surface area contributed by atoms with E-state index in [0.29, 0.717) is 17.3 Å². The quantitative estimate of drug-likeness (QED) is 0.499. The second-order valence-electron chi connectivity index (χ2n) is 9.06. The maximum atomic E-state index is 12.8. The second kappa shape index (κ2) is 10.6. The van der Waals surface area contributed by atoms with Gasteiger partial charge < -0.3 is 14.8 Å². The van der Waals surface area contributed by atoms with Gasteiger partial charge in [0.2, 0.25) is 0 Å². The van der Waals surface area contributed by atoms with Gasteiger partial charge in [-0.3, -0.25) is 9.69 Å². The first-order valence-corrected chi connectivity index (χ1v) is 12.4. The van der Waals surface area contributed by atoms with Crippen molar-refractivity contribution in [1.29, 1.82) is 0 Å². The van der Waals surface area contributed by atoms with Gasteiger partial charge in [-0.05, 0) is 82.1 Å². The molecular formula is C27H34ClN5O. The van der Waals surface area contributed by atoms with Crippen LogP contribution in [0.15, 0.2) is 42.5 Å². The van der Waals surface area contributed by atoms with Crippen LogP contribution in [0.3, 0.4) is 0 Å². The Morgan fingerprint density at radius 3 is 2.41 bits per heavy atom. The molecule has 0 radical (unpaired) electrons. The number of nitrogens with one attached hydrogen (secondary N) is 1. The van der Waals surface area contributed by atoms with E-state index in [4.69, 9.17) is 11.6 Å². The molecule has 4 rings (SSSR count). The van der Waals surface area contributed by atoms with Crippen LogP contribution < -0.4 is 10.2 Å². The molecule has 0 aliphatic carbocycles. The lowest BCUT2D eigenvalue weighted by Gasteiger charge is -2.37. The van der Waals surface area contributed by atoms with E-state index in [1.807, 2.05) is 42.7 Å². The fourth-order valence-electron chi connectivity index (χ4n) is 4.71. The third-order valence-corrected chi connectivity index (χ3v) is 7.05. The minimum Gasteiger partial charge on any atom is -0.369 e. The normalized spacial score (nSPS) is 14.4. The number of piperazine rings is 1. The van der Waals surface area contributed by atoms with Crippen LogP contribution in [0, 0.1) is 27.7 Å². The summed E-state index contributed by atoms with van der Waals surface area (Å²) in [6.45, 7) is 14.0. The number of halogens is 1. The van der Waals surface area contributed by atoms with Gasteiger partial charge in [-0.1, -0.05) is 23.7 Å². The minimum atomic E-state index is -0.118. The van der Waals surface area contributed by atoms with E-state index in [1.54, 1.807) is 0 Å². The van der Waals surface area contributed by atoms with Gasteiger partial charge in [0.25, 0.3) is 5.91 Å². The smallest absolute Gasteiger partial charge is 0.271 e. The van der Waals surface area contributed by atoms with Crippen molar-refractivity contribution in [2.75, 3.05) is 44.2 Å². The molecule has 0 bridgehead atoms. The number of hydrogen-bond acceptors (Lipinski definition) is 4. The molecule has 3 aromatic rings. The van der Waals surface area contributed by atoms with Crippen LogP contribution in [0.5, 0.6) is 0 Å². The predicted octanol–water partition coefficient (Wildman–Crippen LogP) is 4.70. The second-order valence-corrected chi connectivity index (χ2v) is 9.50. The SMILES string of the molecule is Cc1cccc(N2CCN(CCCNC(=O)c3nc(C)n(-c4ccc(Cl)cc4)c3C)CC2)c1C. The highest BCUT2D eigenvalue weighted by Crippen LogP contribution is 2.24. The van der Waals surface area contributed by atoms with E-state index in [9.17, 15) is 4.79 Å². The number of carbonyl (C=O) groups excluding carboxylic acids is 1. The van der Waals surface area contributed by atoms with Crippen LogP contribution in [0.25, 0.3) is 5.69 Å². The van der Waals surface area contributed by atoms with Crippen LogP contribution in [0.2, 0.25) is 5.02 Å². The molecule has 6 nitrogen and oxygen atoms in total. The van der Waals surface area contributed by atoms with Crippen molar-refractivity contribution in [2.24, 2.45) is 0 Å². The van der Waals surface area contributed by atoms with Gasteiger partial charge in [0, 0.05) is 49.1 Å². The lowest BCUT2D eigenvalue weighted by Crippen LogP contribution is -2.47. The topological polar surface area (TPSA) is 53.4 Å². The molecule has 2 aromatic carbocycles. The average Bonchev–Trinajstić information content (AvgIpc) is 3.13. The fraction of sp³-hybridized carbons (Fsp3) is 0.407. The summed E-state index contributed by atoms with van der Waals surface area (Å²) in [6, 6.07) is 14.1. The van der Waals surface area contributed by atoms with E-state index < -0.39 is 0 Å². The van der Waals surface area contributed by atoms with Crippen LogP contribution in [0.1, 0.15) is 39.6 Å². The van der Waals surface area contributed by atoms with Crippen LogP contribution >= 0.6 is 11.6 Å². The Morgan fingerprint density at radius 2 is 1.71 bits per heavy atom. The Kier molecular flexibility index (Phi) is 7.59. The van der Waals surface area contributed by atoms with Gasteiger partial charge in [-0.25, -0.2) is 4.98 Å². The van der Waals surface area contributed by atoms with Crippen molar-refractivity contribution in [3.63, 3.8) is 0 Å². The summed E-state index contributed by atoms with van der Waals surface area (Å²) >= 11 is 6.01. The fourth-order valence-corrected chi connectivity index (χ4v) is 4.83. The molecule has 0 atom stereocenters. The molecule has 180 valence electrons. The molecule has 34 heavy (non-hydrogen) atoms. The number of anilines is 1. The number of aromatic nitrogens is 2. The van der Waals surface area contributed by atoms with Crippen LogP contribution in [-0.4, -0.2) is 59.6 Å². The van der Waals surface area contributed by atoms with Crippen molar-refractivity contribution in [2.45, 2.75) is 34.1 Å². The Balaban J connectivity index is 1.25. The zero-order valence-electron chi connectivity index (χ0n) is 20.6. The Morgan fingerprint density at radius 1 is 1.00 bits per heavy atom. The summed E-state index contributed by atoms with van der Waals surface area (Å²) in [5, 5.41) is 3.74. The van der Waals surface area contributed by atoms with E-state index in [0.717, 1.165) is 56.4 Å². The monoisotopic (exact) mass is 479 g/mol. The van der Waals surface area contributed by atoms with Crippen molar-refractivity contribution < 1.29 is 4.79 Å². The summed E-state index contributed by atoms with van der Waals surface area (Å²) in [6.07, 6.45) is 0.922. The number of nitrogens with zero attached hydrogens (tertiary/aromatic N) is 4. The third-order valence-electron chi connectivity index (χ3n) is 6.80. The molecule has 0 spiro atoms. The van der Waals surface area contributed by atoms with Gasteiger partial charge in [0.15, 0.2) is 0 Å². The number of aryl methyl sites for hydroxylation is 2. The number of imidazole rings is 1. The van der Waals surface area contributed by atoms with Gasteiger partial charge in [-0.2, -0.15) is 0 Å². The molecule has 1 fully saturated rings. The zero-order chi connectivity index (χ0) is 24.2. The summed E-state index contributed by atoms with van der Waals surface area (Å²) in [5.74, 6) is 0.666. The van der Waals surface area contributed by atoms with E-state index in [1.165, 1.54) is 16.8 Å². The predicted molar refractivity (Wildman–Crippen MR) is 140 cm³/mol. The molecule has 7 heteroatoms. The summed E-state index contributed by atoms with van der Waals surface area (Å²) in [4.78, 5) is 22.3. The van der Waals surface area contributed by atoms with Gasteiger partial charge in [0.05, 0.1) is 5.69 Å². The Bertz CT molecular complexity index is 1150. The number of carbonyl (C=O) groups is 1. The largest absolute Gasteiger partial charge is 0.369 e. The highest BCUT2D eigenvalue weighted by Gasteiger charge is 2.20. The first-order valence-electron chi connectivity index (χ1n) is 12.0. The first kappa shape index (κ1) is 24.3. The lowest BCUT2D eigenvalue weighted by atomic mass is 10.1. The van der Waals surface area contributed by atoms with Crippen molar-refractivity contribution >= 4 is 23.2 Å². The number of rotatable bonds is 7. The molecule has 1 aromatic heterocycles. The molecule has 1 aliphatic rings. The maximum Gasteiger partial charge on any atom is 0.271 e. The maximum absolute atomic E-state index is 12.8. The average molecular weight is 480 g/mol. The highest BCUT2D eigenvalue weighted by molar-refractivity contribution is 6.30. The molecule has 1 saturated heterocycles. The molecule has 0 unspecified atom stereocenters. The Hall–Kier alpha value is -2.83.